The van der Waals surface area contributed by atoms with Crippen LogP contribution in [0.5, 0.6) is 0 Å². The quantitative estimate of drug-likeness (QED) is 0.645. The van der Waals surface area contributed by atoms with Crippen molar-refractivity contribution < 1.29 is 14.3 Å². The first-order valence-corrected chi connectivity index (χ1v) is 9.14. The molecule has 1 atom stereocenters. The fourth-order valence-corrected chi connectivity index (χ4v) is 3.96. The van der Waals surface area contributed by atoms with Crippen molar-refractivity contribution >= 4 is 16.8 Å². The number of amides is 1. The number of halogens is 1. The second-order valence-electron chi connectivity index (χ2n) is 7.45. The van der Waals surface area contributed by atoms with Crippen LogP contribution < -0.4 is 5.32 Å². The Kier molecular flexibility index (Phi) is 4.47. The smallest absolute Gasteiger partial charge is 0.225 e. The predicted octanol–water partition coefficient (Wildman–Crippen LogP) is 2.52. The normalized spacial score (nSPS) is 20.4. The van der Waals surface area contributed by atoms with Crippen LogP contribution in [0, 0.1) is 18.7 Å². The van der Waals surface area contributed by atoms with Gasteiger partial charge >= 0.3 is 0 Å². The summed E-state index contributed by atoms with van der Waals surface area (Å²) in [5.41, 5.74) is 2.97. The molecule has 1 aliphatic rings. The summed E-state index contributed by atoms with van der Waals surface area (Å²) in [4.78, 5) is 15.8. The number of fused-ring (bicyclic) bond motifs is 1. The third-order valence-electron chi connectivity index (χ3n) is 5.46. The molecule has 1 amide bonds. The van der Waals surface area contributed by atoms with Crippen molar-refractivity contribution in [1.29, 1.82) is 0 Å². The number of hydrogen-bond acceptors (Lipinski definition) is 3. The highest BCUT2D eigenvalue weighted by Crippen LogP contribution is 2.38. The average molecular weight is 370 g/mol. The van der Waals surface area contributed by atoms with Crippen LogP contribution in [0.2, 0.25) is 0 Å². The minimum Gasteiger partial charge on any atom is -0.393 e. The van der Waals surface area contributed by atoms with Gasteiger partial charge in [0, 0.05) is 29.9 Å². The molecule has 0 unspecified atom stereocenters. The van der Waals surface area contributed by atoms with E-state index in [0.29, 0.717) is 18.4 Å². The molecule has 1 saturated carbocycles. The van der Waals surface area contributed by atoms with Gasteiger partial charge in [-0.1, -0.05) is 12.1 Å². The number of aromatic nitrogens is 3. The van der Waals surface area contributed by atoms with Gasteiger partial charge in [0.2, 0.25) is 5.91 Å². The van der Waals surface area contributed by atoms with Crippen molar-refractivity contribution in [3.63, 3.8) is 0 Å². The summed E-state index contributed by atoms with van der Waals surface area (Å²) in [6.45, 7) is 1.85. The van der Waals surface area contributed by atoms with Crippen molar-refractivity contribution in [3.05, 3.63) is 53.2 Å². The van der Waals surface area contributed by atoms with Gasteiger partial charge in [0.05, 0.1) is 30.3 Å². The van der Waals surface area contributed by atoms with Gasteiger partial charge in [-0.3, -0.25) is 9.48 Å². The molecular formula is C20H23FN4O2. The number of nitrogens with zero attached hydrogens (tertiary/aromatic N) is 2. The second-order valence-corrected chi connectivity index (χ2v) is 7.45. The number of aliphatic hydroxyl groups excluding tert-OH is 1. The number of nitrogens with one attached hydrogen (secondary N) is 2. The van der Waals surface area contributed by atoms with Crippen molar-refractivity contribution in [3.8, 4) is 0 Å². The lowest BCUT2D eigenvalue weighted by Gasteiger charge is -2.37. The highest BCUT2D eigenvalue weighted by molar-refractivity contribution is 5.90. The topological polar surface area (TPSA) is 82.9 Å². The molecule has 0 radical (unpaired) electrons. The number of H-pyrrole nitrogens is 1. The lowest BCUT2D eigenvalue weighted by atomic mass is 9.75. The van der Waals surface area contributed by atoms with E-state index in [4.69, 9.17) is 0 Å². The Morgan fingerprint density at radius 1 is 1.48 bits per heavy atom. The molecule has 0 bridgehead atoms. The zero-order valence-electron chi connectivity index (χ0n) is 15.4. The molecule has 3 N–H and O–H groups in total. The van der Waals surface area contributed by atoms with E-state index in [1.807, 2.05) is 26.2 Å². The molecule has 0 spiro atoms. The summed E-state index contributed by atoms with van der Waals surface area (Å²) in [5.74, 6) is -0.257. The van der Waals surface area contributed by atoms with E-state index in [1.165, 1.54) is 6.07 Å². The number of aromatic amines is 1. The molecular weight excluding hydrogens is 347 g/mol. The van der Waals surface area contributed by atoms with Gasteiger partial charge in [0.1, 0.15) is 5.82 Å². The Bertz CT molecular complexity index is 987. The summed E-state index contributed by atoms with van der Waals surface area (Å²) >= 11 is 0. The van der Waals surface area contributed by atoms with Gasteiger partial charge in [0.25, 0.3) is 0 Å². The first-order valence-electron chi connectivity index (χ1n) is 9.14. The standard InChI is InChI=1S/C20H23FN4O2/c1-11-16(15-4-3-5-17(21)20(15)23-11)8-18(27)24-19(12-6-14(26)7-12)13-9-22-25(2)10-13/h3-5,9-10,12,14,19,23,26H,6-8H2,1-2H3,(H,24,27)/t12?,14?,19-/m0/s1. The molecule has 27 heavy (non-hydrogen) atoms. The highest BCUT2D eigenvalue weighted by atomic mass is 19.1. The highest BCUT2D eigenvalue weighted by Gasteiger charge is 2.36. The van der Waals surface area contributed by atoms with E-state index < -0.39 is 0 Å². The summed E-state index contributed by atoms with van der Waals surface area (Å²) in [6.07, 6.45) is 4.84. The Morgan fingerprint density at radius 2 is 2.26 bits per heavy atom. The molecule has 142 valence electrons. The number of rotatable bonds is 5. The third-order valence-corrected chi connectivity index (χ3v) is 5.46. The van der Waals surface area contributed by atoms with Crippen LogP contribution in [0.15, 0.2) is 30.6 Å². The minimum atomic E-state index is -0.320. The van der Waals surface area contributed by atoms with E-state index in [-0.39, 0.29) is 36.2 Å². The van der Waals surface area contributed by atoms with Crippen molar-refractivity contribution in [1.82, 2.24) is 20.1 Å². The van der Waals surface area contributed by atoms with Crippen molar-refractivity contribution in [2.24, 2.45) is 13.0 Å². The number of carbonyl (C=O) groups is 1. The van der Waals surface area contributed by atoms with E-state index in [0.717, 1.165) is 22.2 Å². The number of hydrogen-bond donors (Lipinski definition) is 3. The van der Waals surface area contributed by atoms with Gasteiger partial charge in [-0.15, -0.1) is 0 Å². The van der Waals surface area contributed by atoms with Gasteiger partial charge < -0.3 is 15.4 Å². The fraction of sp³-hybridized carbons (Fsp3) is 0.400. The third kappa shape index (κ3) is 3.35. The summed E-state index contributed by atoms with van der Waals surface area (Å²) < 4.78 is 15.7. The lowest BCUT2D eigenvalue weighted by Crippen LogP contribution is -2.41. The number of aryl methyl sites for hydroxylation is 2. The summed E-state index contributed by atoms with van der Waals surface area (Å²) in [6, 6.07) is 4.70. The van der Waals surface area contributed by atoms with Crippen LogP contribution in [0.4, 0.5) is 4.39 Å². The monoisotopic (exact) mass is 370 g/mol. The zero-order chi connectivity index (χ0) is 19.1. The van der Waals surface area contributed by atoms with Gasteiger partial charge in [-0.05, 0) is 37.3 Å². The van der Waals surface area contributed by atoms with Gasteiger partial charge in [-0.2, -0.15) is 5.10 Å². The summed E-state index contributed by atoms with van der Waals surface area (Å²) in [5, 5.41) is 17.7. The molecule has 1 fully saturated rings. The van der Waals surface area contributed by atoms with Gasteiger partial charge in [-0.25, -0.2) is 4.39 Å². The zero-order valence-corrected chi connectivity index (χ0v) is 15.4. The van der Waals surface area contributed by atoms with E-state index in [2.05, 4.69) is 15.4 Å². The van der Waals surface area contributed by atoms with Crippen LogP contribution in [0.25, 0.3) is 10.9 Å². The molecule has 6 nitrogen and oxygen atoms in total. The fourth-order valence-electron chi connectivity index (χ4n) is 3.96. The molecule has 1 aromatic carbocycles. The number of carbonyl (C=O) groups excluding carboxylic acids is 1. The van der Waals surface area contributed by atoms with Crippen LogP contribution >= 0.6 is 0 Å². The second kappa shape index (κ2) is 6.81. The SMILES string of the molecule is Cc1[nH]c2c(F)cccc2c1CC(=O)N[C@H](c1cnn(C)c1)C1CC(O)C1. The van der Waals surface area contributed by atoms with E-state index in [9.17, 15) is 14.3 Å². The molecule has 0 aliphatic heterocycles. The molecule has 2 heterocycles. The molecule has 4 rings (SSSR count). The number of para-hydroxylation sites is 1. The molecule has 2 aromatic heterocycles. The average Bonchev–Trinajstić information content (AvgIpc) is 3.16. The molecule has 1 aliphatic carbocycles. The maximum Gasteiger partial charge on any atom is 0.225 e. The van der Waals surface area contributed by atoms with Crippen molar-refractivity contribution in [2.45, 2.75) is 38.3 Å². The summed E-state index contributed by atoms with van der Waals surface area (Å²) in [7, 11) is 1.84. The lowest BCUT2D eigenvalue weighted by molar-refractivity contribution is -0.122. The number of aliphatic hydroxyl groups is 1. The maximum absolute atomic E-state index is 14.0. The number of benzene rings is 1. The maximum atomic E-state index is 14.0. The Morgan fingerprint density at radius 3 is 2.93 bits per heavy atom. The predicted molar refractivity (Wildman–Crippen MR) is 99.5 cm³/mol. The molecule has 7 heteroatoms. The molecule has 0 saturated heterocycles. The Balaban J connectivity index is 1.55. The largest absolute Gasteiger partial charge is 0.393 e. The van der Waals surface area contributed by atoms with Crippen LogP contribution in [0.3, 0.4) is 0 Å². The Labute approximate surface area is 156 Å². The minimum absolute atomic E-state index is 0.126. The van der Waals surface area contributed by atoms with Crippen LogP contribution in [-0.4, -0.2) is 31.9 Å². The van der Waals surface area contributed by atoms with Gasteiger partial charge in [0.15, 0.2) is 0 Å². The first kappa shape index (κ1) is 17.7. The molecule has 3 aromatic rings. The first-order chi connectivity index (χ1) is 12.9. The van der Waals surface area contributed by atoms with E-state index in [1.54, 1.807) is 16.9 Å². The van der Waals surface area contributed by atoms with Crippen LogP contribution in [0.1, 0.15) is 35.7 Å². The van der Waals surface area contributed by atoms with Crippen molar-refractivity contribution in [2.75, 3.05) is 0 Å². The Hall–Kier alpha value is -2.67. The van der Waals surface area contributed by atoms with Crippen LogP contribution in [-0.2, 0) is 18.3 Å². The van der Waals surface area contributed by atoms with E-state index >= 15 is 0 Å².